The molecule has 1 unspecified atom stereocenters. The van der Waals surface area contributed by atoms with Gasteiger partial charge in [0.15, 0.2) is 17.5 Å². The SMILES string of the molecule is C=CCc1cc(CN=C(NCC)NCC2(C)CCCO2)cc(OC)c1OC.I. The minimum absolute atomic E-state index is 0. The van der Waals surface area contributed by atoms with Crippen LogP contribution in [0.1, 0.15) is 37.8 Å². The zero-order valence-corrected chi connectivity index (χ0v) is 19.8. The third-order valence-corrected chi connectivity index (χ3v) is 4.67. The number of halogens is 1. The molecule has 158 valence electrons. The van der Waals surface area contributed by atoms with Crippen LogP contribution in [0.15, 0.2) is 29.8 Å². The van der Waals surface area contributed by atoms with Crippen LogP contribution in [-0.2, 0) is 17.7 Å². The third kappa shape index (κ3) is 6.84. The van der Waals surface area contributed by atoms with Crippen molar-refractivity contribution >= 4 is 29.9 Å². The molecule has 1 aliphatic heterocycles. The second-order valence-corrected chi connectivity index (χ2v) is 6.93. The highest BCUT2D eigenvalue weighted by molar-refractivity contribution is 14.0. The van der Waals surface area contributed by atoms with Crippen LogP contribution in [-0.4, -0.2) is 45.5 Å². The molecule has 2 rings (SSSR count). The summed E-state index contributed by atoms with van der Waals surface area (Å²) in [5.74, 6) is 2.25. The molecule has 6 nitrogen and oxygen atoms in total. The van der Waals surface area contributed by atoms with E-state index in [1.165, 1.54) is 0 Å². The Morgan fingerprint density at radius 3 is 2.68 bits per heavy atom. The zero-order valence-electron chi connectivity index (χ0n) is 17.5. The zero-order chi connectivity index (χ0) is 19.7. The summed E-state index contributed by atoms with van der Waals surface area (Å²) >= 11 is 0. The van der Waals surface area contributed by atoms with Gasteiger partial charge >= 0.3 is 0 Å². The lowest BCUT2D eigenvalue weighted by Crippen LogP contribution is -2.45. The first-order valence-electron chi connectivity index (χ1n) is 9.56. The van der Waals surface area contributed by atoms with E-state index in [2.05, 4.69) is 37.1 Å². The van der Waals surface area contributed by atoms with Crippen LogP contribution in [0.5, 0.6) is 11.5 Å². The molecule has 0 amide bonds. The average molecular weight is 503 g/mol. The summed E-state index contributed by atoms with van der Waals surface area (Å²) in [5.41, 5.74) is 1.99. The fourth-order valence-corrected chi connectivity index (χ4v) is 3.26. The quantitative estimate of drug-likeness (QED) is 0.233. The predicted octanol–water partition coefficient (Wildman–Crippen LogP) is 3.67. The van der Waals surface area contributed by atoms with Crippen LogP contribution in [0.25, 0.3) is 0 Å². The number of benzene rings is 1. The Labute approximate surface area is 186 Å². The summed E-state index contributed by atoms with van der Waals surface area (Å²) in [6.07, 6.45) is 4.76. The highest BCUT2D eigenvalue weighted by atomic mass is 127. The number of methoxy groups -OCH3 is 2. The maximum atomic E-state index is 5.85. The minimum Gasteiger partial charge on any atom is -0.493 e. The maximum Gasteiger partial charge on any atom is 0.191 e. The van der Waals surface area contributed by atoms with Gasteiger partial charge in [-0.1, -0.05) is 6.08 Å². The van der Waals surface area contributed by atoms with E-state index in [0.717, 1.165) is 55.4 Å². The molecule has 0 aliphatic carbocycles. The highest BCUT2D eigenvalue weighted by Gasteiger charge is 2.29. The van der Waals surface area contributed by atoms with E-state index in [-0.39, 0.29) is 29.6 Å². The number of nitrogens with zero attached hydrogens (tertiary/aromatic N) is 1. The Bertz CT molecular complexity index is 659. The number of aliphatic imine (C=N–C) groups is 1. The van der Waals surface area contributed by atoms with Crippen LogP contribution >= 0.6 is 24.0 Å². The Morgan fingerprint density at radius 1 is 1.32 bits per heavy atom. The van der Waals surface area contributed by atoms with Crippen LogP contribution in [0.4, 0.5) is 0 Å². The number of allylic oxidation sites excluding steroid dienone is 1. The molecular weight excluding hydrogens is 469 g/mol. The van der Waals surface area contributed by atoms with Crippen molar-refractivity contribution in [1.29, 1.82) is 0 Å². The molecule has 0 saturated carbocycles. The first-order valence-corrected chi connectivity index (χ1v) is 9.56. The van der Waals surface area contributed by atoms with Crippen molar-refractivity contribution in [3.63, 3.8) is 0 Å². The van der Waals surface area contributed by atoms with Gasteiger partial charge in [0.2, 0.25) is 0 Å². The number of rotatable bonds is 9. The molecule has 0 bridgehead atoms. The van der Waals surface area contributed by atoms with Crippen LogP contribution in [0.2, 0.25) is 0 Å². The van der Waals surface area contributed by atoms with Crippen LogP contribution in [0.3, 0.4) is 0 Å². The fourth-order valence-electron chi connectivity index (χ4n) is 3.26. The molecule has 7 heteroatoms. The van der Waals surface area contributed by atoms with Crippen molar-refractivity contribution in [1.82, 2.24) is 10.6 Å². The van der Waals surface area contributed by atoms with Gasteiger partial charge in [0, 0.05) is 25.3 Å². The van der Waals surface area contributed by atoms with Crippen molar-refractivity contribution in [3.05, 3.63) is 35.9 Å². The van der Waals surface area contributed by atoms with Gasteiger partial charge in [0.25, 0.3) is 0 Å². The number of guanidine groups is 1. The molecule has 28 heavy (non-hydrogen) atoms. The Balaban J connectivity index is 0.00000392. The molecule has 1 atom stereocenters. The van der Waals surface area contributed by atoms with Gasteiger partial charge in [-0.25, -0.2) is 4.99 Å². The second-order valence-electron chi connectivity index (χ2n) is 6.93. The summed E-state index contributed by atoms with van der Waals surface area (Å²) in [6.45, 7) is 11.0. The van der Waals surface area contributed by atoms with E-state index < -0.39 is 0 Å². The molecule has 0 spiro atoms. The first-order chi connectivity index (χ1) is 13.0. The first kappa shape index (κ1) is 24.6. The lowest BCUT2D eigenvalue weighted by molar-refractivity contribution is 0.0243. The van der Waals surface area contributed by atoms with E-state index in [0.29, 0.717) is 18.7 Å². The maximum absolute atomic E-state index is 5.85. The van der Waals surface area contributed by atoms with E-state index >= 15 is 0 Å². The topological polar surface area (TPSA) is 64.1 Å². The van der Waals surface area contributed by atoms with Crippen LogP contribution in [0, 0.1) is 0 Å². The molecular formula is C21H34IN3O3. The van der Waals surface area contributed by atoms with Crippen molar-refractivity contribution in [3.8, 4) is 11.5 Å². The van der Waals surface area contributed by atoms with E-state index in [1.54, 1.807) is 14.2 Å². The monoisotopic (exact) mass is 503 g/mol. The molecule has 1 aromatic rings. The van der Waals surface area contributed by atoms with Crippen LogP contribution < -0.4 is 20.1 Å². The molecule has 1 saturated heterocycles. The minimum atomic E-state index is -0.114. The Hall–Kier alpha value is -1.48. The average Bonchev–Trinajstić information content (AvgIpc) is 3.10. The molecule has 0 radical (unpaired) electrons. The Kier molecular flexibility index (Phi) is 10.7. The van der Waals surface area contributed by atoms with Gasteiger partial charge in [0.1, 0.15) is 0 Å². The molecule has 1 aromatic carbocycles. The van der Waals surface area contributed by atoms with E-state index in [9.17, 15) is 0 Å². The van der Waals surface area contributed by atoms with Gasteiger partial charge in [-0.2, -0.15) is 0 Å². The normalized spacial score (nSPS) is 18.9. The number of hydrogen-bond acceptors (Lipinski definition) is 4. The van der Waals surface area contributed by atoms with Gasteiger partial charge < -0.3 is 24.8 Å². The molecule has 1 heterocycles. The summed E-state index contributed by atoms with van der Waals surface area (Å²) < 4.78 is 16.8. The fraction of sp³-hybridized carbons (Fsp3) is 0.571. The van der Waals surface area contributed by atoms with E-state index in [4.69, 9.17) is 19.2 Å². The molecule has 1 fully saturated rings. The predicted molar refractivity (Wildman–Crippen MR) is 125 cm³/mol. The second kappa shape index (κ2) is 12.2. The summed E-state index contributed by atoms with van der Waals surface area (Å²) in [5, 5.41) is 6.70. The highest BCUT2D eigenvalue weighted by Crippen LogP contribution is 2.33. The third-order valence-electron chi connectivity index (χ3n) is 4.67. The summed E-state index contributed by atoms with van der Waals surface area (Å²) in [6, 6.07) is 4.07. The summed E-state index contributed by atoms with van der Waals surface area (Å²) in [7, 11) is 3.30. The number of nitrogens with one attached hydrogen (secondary N) is 2. The standard InChI is InChI=1S/C21H33N3O3.HI/c1-6-9-17-12-16(13-18(25-4)19(17)26-5)14-23-20(22-7-2)24-15-21(3)10-8-11-27-21;/h6,12-13H,1,7-11,14-15H2,2-5H3,(H2,22,23,24);1H. The molecule has 1 aliphatic rings. The lowest BCUT2D eigenvalue weighted by Gasteiger charge is -2.24. The number of hydrogen-bond donors (Lipinski definition) is 2. The molecule has 2 N–H and O–H groups in total. The van der Waals surface area contributed by atoms with Crippen molar-refractivity contribution in [2.45, 2.75) is 45.3 Å². The lowest BCUT2D eigenvalue weighted by atomic mass is 10.0. The van der Waals surface area contributed by atoms with Gasteiger partial charge in [-0.15, -0.1) is 30.6 Å². The van der Waals surface area contributed by atoms with Gasteiger partial charge in [-0.3, -0.25) is 0 Å². The van der Waals surface area contributed by atoms with E-state index in [1.807, 2.05) is 12.1 Å². The Morgan fingerprint density at radius 2 is 2.11 bits per heavy atom. The smallest absolute Gasteiger partial charge is 0.191 e. The molecule has 0 aromatic heterocycles. The van der Waals surface area contributed by atoms with Crippen molar-refractivity contribution in [2.24, 2.45) is 4.99 Å². The largest absolute Gasteiger partial charge is 0.493 e. The summed E-state index contributed by atoms with van der Waals surface area (Å²) in [4.78, 5) is 4.72. The van der Waals surface area contributed by atoms with Crippen molar-refractivity contribution in [2.75, 3.05) is 33.9 Å². The van der Waals surface area contributed by atoms with Gasteiger partial charge in [-0.05, 0) is 50.8 Å². The van der Waals surface area contributed by atoms with Crippen molar-refractivity contribution < 1.29 is 14.2 Å². The number of ether oxygens (including phenoxy) is 3. The van der Waals surface area contributed by atoms with Gasteiger partial charge in [0.05, 0.1) is 26.4 Å².